The highest BCUT2D eigenvalue weighted by atomic mass is 16.5. The maximum Gasteiger partial charge on any atom is 0.275 e. The van der Waals surface area contributed by atoms with Crippen molar-refractivity contribution in [3.8, 4) is 22.9 Å². The first kappa shape index (κ1) is 23.0. The van der Waals surface area contributed by atoms with Crippen molar-refractivity contribution in [3.63, 3.8) is 0 Å². The Labute approximate surface area is 207 Å². The Bertz CT molecular complexity index is 1550. The van der Waals surface area contributed by atoms with Crippen molar-refractivity contribution < 1.29 is 9.84 Å². The molecule has 0 spiro atoms. The van der Waals surface area contributed by atoms with Crippen LogP contribution in [0.1, 0.15) is 34.0 Å². The van der Waals surface area contributed by atoms with E-state index in [9.17, 15) is 14.7 Å². The molecule has 0 aliphatic heterocycles. The Balaban J connectivity index is 1.79. The minimum absolute atomic E-state index is 0.0278. The van der Waals surface area contributed by atoms with Crippen LogP contribution in [0.25, 0.3) is 11.4 Å². The molecule has 0 bridgehead atoms. The molecule has 5 aromatic rings. The number of benzene rings is 3. The lowest BCUT2D eigenvalue weighted by Crippen LogP contribution is -2.25. The van der Waals surface area contributed by atoms with E-state index in [1.807, 2.05) is 74.5 Å². The zero-order valence-electron chi connectivity index (χ0n) is 20.1. The van der Waals surface area contributed by atoms with Gasteiger partial charge in [-0.15, -0.1) is 0 Å². The number of ether oxygens (including phenoxy) is 1. The van der Waals surface area contributed by atoms with Gasteiger partial charge in [0, 0.05) is 17.3 Å². The van der Waals surface area contributed by atoms with E-state index < -0.39 is 5.92 Å². The standard InChI is InChI=1S/C28H26N4O4/c1-17-24(27(34)31(29-17)20-10-6-4-7-11-20)26(19-14-15-22(33)23(16-19)36-3)25-18(2)30-32(28(25)35)21-12-8-5-9-13-21/h4-16,26,29-30,33H,1-3H3. The van der Waals surface area contributed by atoms with Crippen molar-refractivity contribution >= 4 is 0 Å². The highest BCUT2D eigenvalue weighted by Crippen LogP contribution is 2.36. The molecular formula is C28H26N4O4. The van der Waals surface area contributed by atoms with Gasteiger partial charge in [-0.1, -0.05) is 42.5 Å². The van der Waals surface area contributed by atoms with Gasteiger partial charge >= 0.3 is 0 Å². The monoisotopic (exact) mass is 482 g/mol. The quantitative estimate of drug-likeness (QED) is 0.338. The number of methoxy groups -OCH3 is 1. The fraction of sp³-hybridized carbons (Fsp3) is 0.143. The zero-order chi connectivity index (χ0) is 25.4. The van der Waals surface area contributed by atoms with Gasteiger partial charge in [-0.3, -0.25) is 19.8 Å². The Hall–Kier alpha value is -4.72. The largest absolute Gasteiger partial charge is 0.504 e. The zero-order valence-corrected chi connectivity index (χ0v) is 20.1. The van der Waals surface area contributed by atoms with Crippen molar-refractivity contribution in [2.45, 2.75) is 19.8 Å². The normalized spacial score (nSPS) is 11.2. The van der Waals surface area contributed by atoms with Crippen LogP contribution >= 0.6 is 0 Å². The highest BCUT2D eigenvalue weighted by molar-refractivity contribution is 5.51. The molecule has 3 N–H and O–H groups in total. The summed E-state index contributed by atoms with van der Waals surface area (Å²) in [6.07, 6.45) is 0. The number of para-hydroxylation sites is 2. The van der Waals surface area contributed by atoms with Gasteiger partial charge in [0.2, 0.25) is 0 Å². The fourth-order valence-electron chi connectivity index (χ4n) is 4.67. The first-order valence-corrected chi connectivity index (χ1v) is 11.5. The average Bonchev–Trinajstić information content (AvgIpc) is 3.36. The third-order valence-corrected chi connectivity index (χ3v) is 6.38. The van der Waals surface area contributed by atoms with Crippen LogP contribution in [0.3, 0.4) is 0 Å². The maximum atomic E-state index is 13.8. The van der Waals surface area contributed by atoms with Gasteiger partial charge in [-0.05, 0) is 55.8 Å². The second-order valence-electron chi connectivity index (χ2n) is 8.62. The van der Waals surface area contributed by atoms with Crippen molar-refractivity contribution in [3.05, 3.63) is 128 Å². The third kappa shape index (κ3) is 3.82. The maximum absolute atomic E-state index is 13.8. The second kappa shape index (κ2) is 9.14. The molecule has 0 aliphatic carbocycles. The van der Waals surface area contributed by atoms with Crippen LogP contribution in [0.5, 0.6) is 11.5 Å². The van der Waals surface area contributed by atoms with E-state index in [0.717, 1.165) is 0 Å². The Morgan fingerprint density at radius 2 is 1.22 bits per heavy atom. The summed E-state index contributed by atoms with van der Waals surface area (Å²) in [5, 5.41) is 16.6. The van der Waals surface area contributed by atoms with E-state index in [1.165, 1.54) is 22.5 Å². The number of H-pyrrole nitrogens is 2. The lowest BCUT2D eigenvalue weighted by molar-refractivity contribution is 0.373. The third-order valence-electron chi connectivity index (χ3n) is 6.38. The summed E-state index contributed by atoms with van der Waals surface area (Å²) in [6.45, 7) is 3.64. The lowest BCUT2D eigenvalue weighted by atomic mass is 9.85. The molecule has 0 saturated heterocycles. The molecule has 3 aromatic carbocycles. The number of phenols is 1. The van der Waals surface area contributed by atoms with Crippen molar-refractivity contribution in [2.75, 3.05) is 7.11 Å². The van der Waals surface area contributed by atoms with Gasteiger partial charge in [0.05, 0.1) is 29.6 Å². The second-order valence-corrected chi connectivity index (χ2v) is 8.62. The first-order chi connectivity index (χ1) is 17.4. The smallest absolute Gasteiger partial charge is 0.275 e. The number of hydrogen-bond donors (Lipinski definition) is 3. The van der Waals surface area contributed by atoms with Crippen LogP contribution in [0.15, 0.2) is 88.5 Å². The van der Waals surface area contributed by atoms with Crippen molar-refractivity contribution in [1.82, 2.24) is 19.6 Å². The van der Waals surface area contributed by atoms with E-state index >= 15 is 0 Å². The van der Waals surface area contributed by atoms with Crippen LogP contribution in [0.2, 0.25) is 0 Å². The number of phenolic OH excluding ortho intramolecular Hbond substituents is 1. The molecule has 0 atom stereocenters. The molecule has 0 unspecified atom stereocenters. The van der Waals surface area contributed by atoms with E-state index in [1.54, 1.807) is 12.1 Å². The molecule has 5 rings (SSSR count). The van der Waals surface area contributed by atoms with Gasteiger partial charge in [-0.25, -0.2) is 9.36 Å². The predicted octanol–water partition coefficient (Wildman–Crippen LogP) is 4.16. The SMILES string of the molecule is COc1cc(C(c2c(C)[nH]n(-c3ccccc3)c2=O)c2c(C)[nH]n(-c3ccccc3)c2=O)ccc1O. The molecule has 0 amide bonds. The van der Waals surface area contributed by atoms with Crippen molar-refractivity contribution in [2.24, 2.45) is 0 Å². The van der Waals surface area contributed by atoms with Crippen LogP contribution in [-0.2, 0) is 0 Å². The summed E-state index contributed by atoms with van der Waals surface area (Å²) in [6, 6.07) is 23.4. The molecular weight excluding hydrogens is 456 g/mol. The number of aromatic hydroxyl groups is 1. The minimum atomic E-state index is -0.720. The average molecular weight is 483 g/mol. The number of nitrogens with one attached hydrogen (secondary N) is 2. The van der Waals surface area contributed by atoms with Crippen LogP contribution < -0.4 is 15.9 Å². The van der Waals surface area contributed by atoms with Gasteiger partial charge in [-0.2, -0.15) is 0 Å². The fourth-order valence-corrected chi connectivity index (χ4v) is 4.67. The topological polar surface area (TPSA) is 105 Å². The van der Waals surface area contributed by atoms with E-state index in [-0.39, 0.29) is 22.6 Å². The number of rotatable bonds is 6. The van der Waals surface area contributed by atoms with Crippen LogP contribution in [0.4, 0.5) is 0 Å². The van der Waals surface area contributed by atoms with Crippen molar-refractivity contribution in [1.29, 1.82) is 0 Å². The number of aryl methyl sites for hydroxylation is 2. The molecule has 0 radical (unpaired) electrons. The molecule has 2 heterocycles. The number of aromatic amines is 2. The number of nitrogens with zero attached hydrogens (tertiary/aromatic N) is 2. The first-order valence-electron chi connectivity index (χ1n) is 11.5. The summed E-state index contributed by atoms with van der Waals surface area (Å²) in [4.78, 5) is 27.7. The van der Waals surface area contributed by atoms with Gasteiger partial charge < -0.3 is 9.84 Å². The summed E-state index contributed by atoms with van der Waals surface area (Å²) < 4.78 is 8.30. The van der Waals surface area contributed by atoms with Gasteiger partial charge in [0.25, 0.3) is 11.1 Å². The van der Waals surface area contributed by atoms with Gasteiger partial charge in [0.1, 0.15) is 0 Å². The molecule has 0 aliphatic rings. The molecule has 182 valence electrons. The molecule has 8 heteroatoms. The lowest BCUT2D eigenvalue weighted by Gasteiger charge is -2.17. The molecule has 0 saturated carbocycles. The summed E-state index contributed by atoms with van der Waals surface area (Å²) in [7, 11) is 1.46. The molecule has 8 nitrogen and oxygen atoms in total. The van der Waals surface area contributed by atoms with Crippen LogP contribution in [-0.4, -0.2) is 31.8 Å². The predicted molar refractivity (Wildman–Crippen MR) is 138 cm³/mol. The van der Waals surface area contributed by atoms with E-state index in [0.29, 0.717) is 39.5 Å². The van der Waals surface area contributed by atoms with Crippen LogP contribution in [0, 0.1) is 13.8 Å². The molecule has 36 heavy (non-hydrogen) atoms. The summed E-state index contributed by atoms with van der Waals surface area (Å²) in [5.41, 5.74) is 3.63. The van der Waals surface area contributed by atoms with E-state index in [4.69, 9.17) is 4.74 Å². The minimum Gasteiger partial charge on any atom is -0.504 e. The Morgan fingerprint density at radius 3 is 1.67 bits per heavy atom. The number of hydrogen-bond acceptors (Lipinski definition) is 4. The highest BCUT2D eigenvalue weighted by Gasteiger charge is 2.31. The Morgan fingerprint density at radius 1 is 0.750 bits per heavy atom. The summed E-state index contributed by atoms with van der Waals surface area (Å²) >= 11 is 0. The van der Waals surface area contributed by atoms with E-state index in [2.05, 4.69) is 10.2 Å². The molecule has 0 fully saturated rings. The Kier molecular flexibility index (Phi) is 5.85. The molecule has 2 aromatic heterocycles. The van der Waals surface area contributed by atoms with Gasteiger partial charge in [0.15, 0.2) is 11.5 Å². The summed E-state index contributed by atoms with van der Waals surface area (Å²) in [5.74, 6) is -0.493. The number of aromatic nitrogens is 4.